The molecular formula is C23H30Cl2N2O4S. The third-order valence-corrected chi connectivity index (χ3v) is 6.80. The van der Waals surface area contributed by atoms with Crippen molar-refractivity contribution in [2.24, 2.45) is 0 Å². The van der Waals surface area contributed by atoms with Gasteiger partial charge in [0.15, 0.2) is 0 Å². The summed E-state index contributed by atoms with van der Waals surface area (Å²) in [5, 5.41) is 3.27. The molecule has 0 aliphatic rings. The Morgan fingerprint density at radius 3 is 2.22 bits per heavy atom. The number of nitrogens with one attached hydrogen (secondary N) is 1. The van der Waals surface area contributed by atoms with Gasteiger partial charge in [-0.1, -0.05) is 63.0 Å². The fourth-order valence-electron chi connectivity index (χ4n) is 3.19. The Hall–Kier alpha value is -1.96. The zero-order valence-electron chi connectivity index (χ0n) is 19.0. The molecule has 0 saturated carbocycles. The van der Waals surface area contributed by atoms with Gasteiger partial charge in [0.25, 0.3) is 0 Å². The first-order valence-corrected chi connectivity index (χ1v) is 12.9. The highest BCUT2D eigenvalue weighted by Crippen LogP contribution is 2.30. The van der Waals surface area contributed by atoms with Crippen molar-refractivity contribution in [2.45, 2.75) is 45.6 Å². The van der Waals surface area contributed by atoms with Gasteiger partial charge in [-0.05, 0) is 47.7 Å². The molecule has 1 N–H and O–H groups in total. The number of hydrogen-bond donors (Lipinski definition) is 1. The van der Waals surface area contributed by atoms with E-state index in [0.29, 0.717) is 10.8 Å². The van der Waals surface area contributed by atoms with Crippen molar-refractivity contribution in [2.75, 3.05) is 23.7 Å². The van der Waals surface area contributed by atoms with Crippen LogP contribution < -0.4 is 14.4 Å². The molecule has 1 atom stereocenters. The number of sulfonamides is 1. The number of ether oxygens (including phenoxy) is 1. The molecule has 176 valence electrons. The van der Waals surface area contributed by atoms with E-state index < -0.39 is 22.0 Å². The van der Waals surface area contributed by atoms with Gasteiger partial charge >= 0.3 is 0 Å². The van der Waals surface area contributed by atoms with Gasteiger partial charge in [0.2, 0.25) is 15.9 Å². The van der Waals surface area contributed by atoms with Crippen molar-refractivity contribution in [3.63, 3.8) is 0 Å². The van der Waals surface area contributed by atoms with Gasteiger partial charge < -0.3 is 10.1 Å². The van der Waals surface area contributed by atoms with Crippen LogP contribution in [0.3, 0.4) is 0 Å². The first-order chi connectivity index (χ1) is 14.8. The molecule has 1 amide bonds. The standard InChI is InChI=1S/C23H30Cl2N2O4S/c1-6-21(27(32(5,29)30)17-9-12-19(24)20(25)15-17)22(28)26-13-14-31-18-10-7-16(8-11-18)23(2,3)4/h7-12,15,21H,6,13-14H2,1-5H3,(H,26,28)/t21-/m0/s1. The molecule has 0 spiro atoms. The first-order valence-electron chi connectivity index (χ1n) is 10.3. The Bertz CT molecular complexity index is 1030. The average Bonchev–Trinajstić information content (AvgIpc) is 2.70. The van der Waals surface area contributed by atoms with E-state index in [1.54, 1.807) is 6.92 Å². The maximum atomic E-state index is 12.8. The number of carbonyl (C=O) groups is 1. The highest BCUT2D eigenvalue weighted by molar-refractivity contribution is 7.92. The van der Waals surface area contributed by atoms with Crippen LogP contribution in [0.25, 0.3) is 0 Å². The van der Waals surface area contributed by atoms with E-state index in [-0.39, 0.29) is 35.7 Å². The highest BCUT2D eigenvalue weighted by atomic mass is 35.5. The van der Waals surface area contributed by atoms with Crippen LogP contribution in [0, 0.1) is 0 Å². The number of nitrogens with zero attached hydrogens (tertiary/aromatic N) is 1. The third-order valence-electron chi connectivity index (χ3n) is 4.88. The Balaban J connectivity index is 2.03. The number of benzene rings is 2. The summed E-state index contributed by atoms with van der Waals surface area (Å²) in [4.78, 5) is 12.8. The predicted octanol–water partition coefficient (Wildman–Crippen LogP) is 5.03. The van der Waals surface area contributed by atoms with Gasteiger partial charge in [-0.3, -0.25) is 9.10 Å². The van der Waals surface area contributed by atoms with Crippen LogP contribution in [0.1, 0.15) is 39.7 Å². The zero-order valence-corrected chi connectivity index (χ0v) is 21.3. The number of carbonyl (C=O) groups excluding carboxylic acids is 1. The second kappa shape index (κ2) is 10.8. The van der Waals surface area contributed by atoms with Crippen molar-refractivity contribution in [1.29, 1.82) is 0 Å². The molecule has 0 fully saturated rings. The Morgan fingerprint density at radius 1 is 1.09 bits per heavy atom. The topological polar surface area (TPSA) is 75.7 Å². The molecule has 2 aromatic carbocycles. The molecule has 2 rings (SSSR count). The van der Waals surface area contributed by atoms with E-state index in [9.17, 15) is 13.2 Å². The lowest BCUT2D eigenvalue weighted by Gasteiger charge is -2.30. The maximum absolute atomic E-state index is 12.8. The third kappa shape index (κ3) is 7.02. The molecule has 0 heterocycles. The molecule has 0 bridgehead atoms. The van der Waals surface area contributed by atoms with Crippen molar-refractivity contribution in [3.05, 3.63) is 58.1 Å². The minimum atomic E-state index is -3.75. The summed E-state index contributed by atoms with van der Waals surface area (Å²) in [6.45, 7) is 8.65. The van der Waals surface area contributed by atoms with Crippen molar-refractivity contribution >= 4 is 44.8 Å². The largest absolute Gasteiger partial charge is 0.492 e. The van der Waals surface area contributed by atoms with Crippen LogP contribution in [-0.2, 0) is 20.2 Å². The van der Waals surface area contributed by atoms with Crippen LogP contribution in [0.5, 0.6) is 5.75 Å². The molecule has 2 aromatic rings. The maximum Gasteiger partial charge on any atom is 0.244 e. The van der Waals surface area contributed by atoms with E-state index >= 15 is 0 Å². The van der Waals surface area contributed by atoms with Crippen LogP contribution in [-0.4, -0.2) is 39.8 Å². The molecule has 0 radical (unpaired) electrons. The van der Waals surface area contributed by atoms with Crippen LogP contribution in [0.15, 0.2) is 42.5 Å². The number of anilines is 1. The number of amides is 1. The smallest absolute Gasteiger partial charge is 0.244 e. The normalized spacial score (nSPS) is 12.8. The summed E-state index contributed by atoms with van der Waals surface area (Å²) in [6.07, 6.45) is 1.32. The average molecular weight is 501 g/mol. The SMILES string of the molecule is CC[C@@H](C(=O)NCCOc1ccc(C(C)(C)C)cc1)N(c1ccc(Cl)c(Cl)c1)S(C)(=O)=O. The van der Waals surface area contributed by atoms with Crippen LogP contribution in [0.2, 0.25) is 10.0 Å². The van der Waals surface area contributed by atoms with E-state index in [2.05, 4.69) is 26.1 Å². The summed E-state index contributed by atoms with van der Waals surface area (Å²) < 4.78 is 31.7. The van der Waals surface area contributed by atoms with Gasteiger partial charge in [0.05, 0.1) is 28.5 Å². The summed E-state index contributed by atoms with van der Waals surface area (Å²) in [7, 11) is -3.75. The fraction of sp³-hybridized carbons (Fsp3) is 0.435. The van der Waals surface area contributed by atoms with Gasteiger partial charge in [-0.2, -0.15) is 0 Å². The number of hydrogen-bond acceptors (Lipinski definition) is 4. The Labute approximate surface area is 200 Å². The minimum Gasteiger partial charge on any atom is -0.492 e. The molecule has 9 heteroatoms. The van der Waals surface area contributed by atoms with Crippen molar-refractivity contribution in [1.82, 2.24) is 5.32 Å². The van der Waals surface area contributed by atoms with E-state index in [1.165, 1.54) is 23.8 Å². The quantitative estimate of drug-likeness (QED) is 0.489. The minimum absolute atomic E-state index is 0.0570. The first kappa shape index (κ1) is 26.3. The van der Waals surface area contributed by atoms with Crippen LogP contribution >= 0.6 is 23.2 Å². The van der Waals surface area contributed by atoms with Gasteiger partial charge in [-0.25, -0.2) is 8.42 Å². The summed E-state index contributed by atoms with van der Waals surface area (Å²) in [6, 6.07) is 11.3. The van der Waals surface area contributed by atoms with Crippen molar-refractivity contribution < 1.29 is 17.9 Å². The fourth-order valence-corrected chi connectivity index (χ4v) is 4.69. The van der Waals surface area contributed by atoms with E-state index in [1.807, 2.05) is 24.3 Å². The summed E-state index contributed by atoms with van der Waals surface area (Å²) >= 11 is 12.0. The summed E-state index contributed by atoms with van der Waals surface area (Å²) in [5.74, 6) is 0.281. The second-order valence-corrected chi connectivity index (χ2v) is 11.2. The molecule has 0 aliphatic carbocycles. The predicted molar refractivity (Wildman–Crippen MR) is 132 cm³/mol. The molecule has 0 aromatic heterocycles. The number of halogens is 2. The second-order valence-electron chi connectivity index (χ2n) is 8.50. The lowest BCUT2D eigenvalue weighted by molar-refractivity contribution is -0.122. The van der Waals surface area contributed by atoms with Crippen molar-refractivity contribution in [3.8, 4) is 5.75 Å². The van der Waals surface area contributed by atoms with Gasteiger partial charge in [0.1, 0.15) is 18.4 Å². The Kier molecular flexibility index (Phi) is 8.85. The monoisotopic (exact) mass is 500 g/mol. The lowest BCUT2D eigenvalue weighted by Crippen LogP contribution is -2.50. The molecule has 0 saturated heterocycles. The van der Waals surface area contributed by atoms with E-state index in [0.717, 1.165) is 10.6 Å². The van der Waals surface area contributed by atoms with Gasteiger partial charge in [0, 0.05) is 0 Å². The number of rotatable bonds is 9. The zero-order chi connectivity index (χ0) is 24.1. The lowest BCUT2D eigenvalue weighted by atomic mass is 9.87. The molecule has 32 heavy (non-hydrogen) atoms. The molecule has 6 nitrogen and oxygen atoms in total. The Morgan fingerprint density at radius 2 is 1.72 bits per heavy atom. The van der Waals surface area contributed by atoms with Gasteiger partial charge in [-0.15, -0.1) is 0 Å². The highest BCUT2D eigenvalue weighted by Gasteiger charge is 2.31. The molecular weight excluding hydrogens is 471 g/mol. The van der Waals surface area contributed by atoms with Crippen LogP contribution in [0.4, 0.5) is 5.69 Å². The van der Waals surface area contributed by atoms with E-state index in [4.69, 9.17) is 27.9 Å². The molecule has 0 unspecified atom stereocenters. The summed E-state index contributed by atoms with van der Waals surface area (Å²) in [5.41, 5.74) is 1.53. The molecule has 0 aliphatic heterocycles.